The summed E-state index contributed by atoms with van der Waals surface area (Å²) in [7, 11) is -1.30. The summed E-state index contributed by atoms with van der Waals surface area (Å²) in [5, 5.41) is 16.5. The topological polar surface area (TPSA) is 58.9 Å². The third kappa shape index (κ3) is 7.49. The first-order valence-electron chi connectivity index (χ1n) is 7.22. The van der Waals surface area contributed by atoms with Crippen LogP contribution < -0.4 is 0 Å². The van der Waals surface area contributed by atoms with Gasteiger partial charge in [0, 0.05) is 0 Å². The van der Waals surface area contributed by atoms with E-state index in [2.05, 4.69) is 48.5 Å². The molecule has 1 aliphatic rings. The lowest BCUT2D eigenvalue weighted by Gasteiger charge is -2.32. The van der Waals surface area contributed by atoms with Gasteiger partial charge in [-0.1, -0.05) is 56.4 Å². The van der Waals surface area contributed by atoms with Gasteiger partial charge in [0.25, 0.3) is 0 Å². The van der Waals surface area contributed by atoms with Gasteiger partial charge >= 0.3 is 14.2 Å². The highest BCUT2D eigenvalue weighted by atomic mass is 16.7. The maximum absolute atomic E-state index is 8.44. The van der Waals surface area contributed by atoms with Crippen molar-refractivity contribution in [3.05, 3.63) is 0 Å². The van der Waals surface area contributed by atoms with Crippen molar-refractivity contribution in [1.29, 1.82) is 0 Å². The van der Waals surface area contributed by atoms with Crippen LogP contribution in [0.2, 0.25) is 10.6 Å². The Bertz CT molecular complexity index is 299. The summed E-state index contributed by atoms with van der Waals surface area (Å²) in [6.07, 6.45) is 0. The minimum atomic E-state index is -1.20. The lowest BCUT2D eigenvalue weighted by atomic mass is 9.61. The molecule has 4 nitrogen and oxygen atoms in total. The molecule has 0 radical (unpaired) electrons. The zero-order valence-electron chi connectivity index (χ0n) is 14.9. The molecule has 1 rings (SSSR count). The van der Waals surface area contributed by atoms with E-state index in [9.17, 15) is 0 Å². The van der Waals surface area contributed by atoms with Crippen molar-refractivity contribution in [2.45, 2.75) is 106 Å². The van der Waals surface area contributed by atoms with Crippen LogP contribution >= 0.6 is 0 Å². The van der Waals surface area contributed by atoms with Gasteiger partial charge in [0.2, 0.25) is 0 Å². The Labute approximate surface area is 140 Å². The van der Waals surface area contributed by atoms with Crippen LogP contribution in [0.5, 0.6) is 0 Å². The Morgan fingerprint density at radius 3 is 1.09 bits per heavy atom. The molecule has 6 heteroatoms. The van der Waals surface area contributed by atoms with Crippen molar-refractivity contribution in [3.63, 3.8) is 0 Å². The standard InChI is InChI=1S/C10H21BO2.C4H11BO2.2CH4/c1-8(2,3)11-12-9(4,5)10(6,7)13-11;1-4(2,3)5(6)7;;/h1-7H3;6-7H,1-3H3;2*1H4. The van der Waals surface area contributed by atoms with E-state index in [1.807, 2.05) is 0 Å². The van der Waals surface area contributed by atoms with Gasteiger partial charge in [-0.25, -0.2) is 0 Å². The van der Waals surface area contributed by atoms with E-state index < -0.39 is 7.12 Å². The summed E-state index contributed by atoms with van der Waals surface area (Å²) in [6.45, 7) is 20.0. The molecular formula is C16H40B2O4. The van der Waals surface area contributed by atoms with Crippen LogP contribution in [0.15, 0.2) is 0 Å². The van der Waals surface area contributed by atoms with Crippen LogP contribution in [-0.2, 0) is 9.31 Å². The third-order valence-corrected chi connectivity index (χ3v) is 3.73. The molecule has 22 heavy (non-hydrogen) atoms. The first kappa shape index (κ1) is 26.8. The molecule has 0 aliphatic carbocycles. The lowest BCUT2D eigenvalue weighted by Crippen LogP contribution is -2.41. The fraction of sp³-hybridized carbons (Fsp3) is 1.00. The summed E-state index contributed by atoms with van der Waals surface area (Å²) in [6, 6.07) is 0. The third-order valence-electron chi connectivity index (χ3n) is 3.73. The summed E-state index contributed by atoms with van der Waals surface area (Å²) in [5.74, 6) is 0. The van der Waals surface area contributed by atoms with Gasteiger partial charge in [-0.2, -0.15) is 0 Å². The second-order valence-corrected chi connectivity index (χ2v) is 8.69. The van der Waals surface area contributed by atoms with Gasteiger partial charge in [0.15, 0.2) is 0 Å². The molecule has 0 aromatic carbocycles. The average Bonchev–Trinajstić information content (AvgIpc) is 2.34. The van der Waals surface area contributed by atoms with Crippen LogP contribution in [0.4, 0.5) is 0 Å². The normalized spacial score (nSPS) is 19.4. The second kappa shape index (κ2) is 8.18. The minimum absolute atomic E-state index is 0. The van der Waals surface area contributed by atoms with Crippen LogP contribution in [0.3, 0.4) is 0 Å². The Kier molecular flexibility index (Phi) is 9.98. The minimum Gasteiger partial charge on any atom is -0.427 e. The molecular weight excluding hydrogens is 278 g/mol. The zero-order valence-corrected chi connectivity index (χ0v) is 14.9. The molecule has 0 bridgehead atoms. The van der Waals surface area contributed by atoms with Crippen molar-refractivity contribution in [2.75, 3.05) is 0 Å². The quantitative estimate of drug-likeness (QED) is 0.650. The van der Waals surface area contributed by atoms with Crippen molar-refractivity contribution < 1.29 is 19.4 Å². The second-order valence-electron chi connectivity index (χ2n) is 8.69. The average molecular weight is 318 g/mol. The van der Waals surface area contributed by atoms with Crippen LogP contribution in [0.1, 0.15) is 84.1 Å². The van der Waals surface area contributed by atoms with Crippen molar-refractivity contribution in [3.8, 4) is 0 Å². The number of hydrogen-bond donors (Lipinski definition) is 2. The zero-order chi connectivity index (χ0) is 16.6. The molecule has 0 atom stereocenters. The molecule has 1 aliphatic heterocycles. The van der Waals surface area contributed by atoms with Gasteiger partial charge in [-0.15, -0.1) is 0 Å². The van der Waals surface area contributed by atoms with E-state index in [-0.39, 0.29) is 43.8 Å². The summed E-state index contributed by atoms with van der Waals surface area (Å²) >= 11 is 0. The molecule has 0 aromatic heterocycles. The molecule has 0 amide bonds. The fourth-order valence-corrected chi connectivity index (χ4v) is 1.20. The monoisotopic (exact) mass is 318 g/mol. The van der Waals surface area contributed by atoms with Gasteiger partial charge < -0.3 is 19.4 Å². The Balaban J connectivity index is -0.000000350. The molecule has 1 fully saturated rings. The predicted molar refractivity (Wildman–Crippen MR) is 99.2 cm³/mol. The molecule has 134 valence electrons. The van der Waals surface area contributed by atoms with Crippen molar-refractivity contribution >= 4 is 14.2 Å². The van der Waals surface area contributed by atoms with Gasteiger partial charge in [0.05, 0.1) is 11.2 Å². The van der Waals surface area contributed by atoms with Crippen LogP contribution in [0, 0.1) is 0 Å². The first-order valence-corrected chi connectivity index (χ1v) is 7.22. The highest BCUT2D eigenvalue weighted by molar-refractivity contribution is 6.49. The molecule has 2 N–H and O–H groups in total. The van der Waals surface area contributed by atoms with Gasteiger partial charge in [-0.3, -0.25) is 0 Å². The molecule has 0 saturated carbocycles. The molecule has 0 unspecified atom stereocenters. The van der Waals surface area contributed by atoms with Gasteiger partial charge in [-0.05, 0) is 38.3 Å². The van der Waals surface area contributed by atoms with E-state index >= 15 is 0 Å². The maximum Gasteiger partial charge on any atom is 0.463 e. The van der Waals surface area contributed by atoms with Crippen LogP contribution in [-0.4, -0.2) is 35.5 Å². The SMILES string of the molecule is C.C.CC(C)(C)B(O)O.CC(C)(C)B1OC(C)(C)C(C)(C)O1. The fourth-order valence-electron chi connectivity index (χ4n) is 1.20. The molecule has 0 spiro atoms. The highest BCUT2D eigenvalue weighted by Gasteiger charge is 2.54. The molecule has 1 saturated heterocycles. The predicted octanol–water partition coefficient (Wildman–Crippen LogP) is 4.41. The van der Waals surface area contributed by atoms with E-state index in [0.29, 0.717) is 0 Å². The van der Waals surface area contributed by atoms with Crippen molar-refractivity contribution in [1.82, 2.24) is 0 Å². The van der Waals surface area contributed by atoms with E-state index in [1.54, 1.807) is 20.8 Å². The summed E-state index contributed by atoms with van der Waals surface area (Å²) in [5.41, 5.74) is -0.407. The highest BCUT2D eigenvalue weighted by Crippen LogP contribution is 2.44. The summed E-state index contributed by atoms with van der Waals surface area (Å²) < 4.78 is 11.8. The van der Waals surface area contributed by atoms with E-state index in [1.165, 1.54) is 0 Å². The number of rotatable bonds is 0. The van der Waals surface area contributed by atoms with Crippen molar-refractivity contribution in [2.24, 2.45) is 0 Å². The largest absolute Gasteiger partial charge is 0.463 e. The Morgan fingerprint density at radius 2 is 1.00 bits per heavy atom. The lowest BCUT2D eigenvalue weighted by molar-refractivity contribution is 0.00578. The summed E-state index contributed by atoms with van der Waals surface area (Å²) in [4.78, 5) is 0. The van der Waals surface area contributed by atoms with E-state index in [0.717, 1.165) is 0 Å². The Morgan fingerprint density at radius 1 is 0.773 bits per heavy atom. The maximum atomic E-state index is 8.44. The molecule has 1 heterocycles. The Hall–Kier alpha value is -0.0301. The number of hydrogen-bond acceptors (Lipinski definition) is 4. The first-order chi connectivity index (χ1) is 8.51. The smallest absolute Gasteiger partial charge is 0.427 e. The van der Waals surface area contributed by atoms with E-state index in [4.69, 9.17) is 19.4 Å². The molecule has 0 aromatic rings. The van der Waals surface area contributed by atoms with Crippen LogP contribution in [0.25, 0.3) is 0 Å². The van der Waals surface area contributed by atoms with Gasteiger partial charge in [0.1, 0.15) is 0 Å².